The second kappa shape index (κ2) is 10.2. The van der Waals surface area contributed by atoms with Crippen LogP contribution in [-0.4, -0.2) is 59.4 Å². The van der Waals surface area contributed by atoms with Crippen LogP contribution in [0.2, 0.25) is 0 Å². The summed E-state index contributed by atoms with van der Waals surface area (Å²) in [6.07, 6.45) is 8.76. The Hall–Kier alpha value is -2.89. The van der Waals surface area contributed by atoms with Crippen molar-refractivity contribution in [3.8, 4) is 5.75 Å². The minimum Gasteiger partial charge on any atom is -0.493 e. The zero-order chi connectivity index (χ0) is 22.4. The van der Waals surface area contributed by atoms with E-state index in [1.807, 2.05) is 53.1 Å². The third kappa shape index (κ3) is 5.47. The summed E-state index contributed by atoms with van der Waals surface area (Å²) in [5.74, 6) is 1.06. The molecule has 2 aliphatic heterocycles. The number of piperidine rings is 2. The van der Waals surface area contributed by atoms with Crippen molar-refractivity contribution in [3.63, 3.8) is 0 Å². The van der Waals surface area contributed by atoms with Crippen LogP contribution in [0.5, 0.6) is 5.75 Å². The average Bonchev–Trinajstić information content (AvgIpc) is 2.84. The van der Waals surface area contributed by atoms with Crippen molar-refractivity contribution >= 4 is 11.8 Å². The van der Waals surface area contributed by atoms with Gasteiger partial charge in [-0.1, -0.05) is 18.2 Å². The number of ether oxygens (including phenoxy) is 1. The van der Waals surface area contributed by atoms with E-state index >= 15 is 0 Å². The highest BCUT2D eigenvalue weighted by atomic mass is 16.5. The predicted octanol–water partition coefficient (Wildman–Crippen LogP) is 4.09. The van der Waals surface area contributed by atoms with Crippen molar-refractivity contribution in [2.75, 3.05) is 32.8 Å². The quantitative estimate of drug-likeness (QED) is 0.686. The summed E-state index contributed by atoms with van der Waals surface area (Å²) in [5.41, 5.74) is 1.35. The molecule has 0 spiro atoms. The number of pyridine rings is 1. The number of aromatic nitrogens is 1. The topological polar surface area (TPSA) is 62.7 Å². The molecule has 2 amide bonds. The number of nitrogens with zero attached hydrogens (tertiary/aromatic N) is 3. The molecule has 2 aromatic rings. The summed E-state index contributed by atoms with van der Waals surface area (Å²) in [6.45, 7) is 5.40. The van der Waals surface area contributed by atoms with Crippen LogP contribution in [0.25, 0.3) is 0 Å². The number of hydrogen-bond donors (Lipinski definition) is 0. The molecule has 3 heterocycles. The molecule has 0 aliphatic carbocycles. The predicted molar refractivity (Wildman–Crippen MR) is 124 cm³/mol. The molecule has 4 rings (SSSR count). The van der Waals surface area contributed by atoms with E-state index in [9.17, 15) is 9.59 Å². The lowest BCUT2D eigenvalue weighted by atomic mass is 9.75. The molecule has 0 atom stereocenters. The molecule has 0 unspecified atom stereocenters. The Morgan fingerprint density at radius 3 is 2.38 bits per heavy atom. The Balaban J connectivity index is 1.44. The first-order valence-corrected chi connectivity index (χ1v) is 11.7. The minimum atomic E-state index is -0.258. The fourth-order valence-corrected chi connectivity index (χ4v) is 4.74. The van der Waals surface area contributed by atoms with Crippen LogP contribution >= 0.6 is 0 Å². The molecule has 6 heteroatoms. The third-order valence-electron chi connectivity index (χ3n) is 6.76. The maximum Gasteiger partial charge on any atom is 0.255 e. The fourth-order valence-electron chi connectivity index (χ4n) is 4.74. The highest BCUT2D eigenvalue weighted by Gasteiger charge is 2.40. The summed E-state index contributed by atoms with van der Waals surface area (Å²) in [6, 6.07) is 11.7. The Labute approximate surface area is 190 Å². The smallest absolute Gasteiger partial charge is 0.255 e. The van der Waals surface area contributed by atoms with Crippen LogP contribution in [0, 0.1) is 12.3 Å². The molecule has 2 aliphatic rings. The maximum absolute atomic E-state index is 13.1. The van der Waals surface area contributed by atoms with Crippen LogP contribution in [0.15, 0.2) is 48.8 Å². The van der Waals surface area contributed by atoms with Crippen LogP contribution in [0.3, 0.4) is 0 Å². The number of carbonyl (C=O) groups excluding carboxylic acids is 2. The van der Waals surface area contributed by atoms with Gasteiger partial charge in [-0.15, -0.1) is 0 Å². The number of hydrogen-bond acceptors (Lipinski definition) is 4. The third-order valence-corrected chi connectivity index (χ3v) is 6.76. The van der Waals surface area contributed by atoms with Gasteiger partial charge in [-0.25, -0.2) is 0 Å². The Kier molecular flexibility index (Phi) is 7.08. The number of aryl methyl sites for hydroxylation is 1. The lowest BCUT2D eigenvalue weighted by Gasteiger charge is -2.42. The van der Waals surface area contributed by atoms with Gasteiger partial charge in [-0.05, 0) is 62.8 Å². The van der Waals surface area contributed by atoms with Gasteiger partial charge in [0, 0.05) is 50.4 Å². The first kappa shape index (κ1) is 22.3. The average molecular weight is 436 g/mol. The molecule has 0 bridgehead atoms. The van der Waals surface area contributed by atoms with Crippen LogP contribution in [-0.2, 0) is 4.79 Å². The summed E-state index contributed by atoms with van der Waals surface area (Å²) >= 11 is 0. The van der Waals surface area contributed by atoms with E-state index in [1.54, 1.807) is 12.4 Å². The molecule has 2 fully saturated rings. The molecular formula is C26H33N3O3. The van der Waals surface area contributed by atoms with E-state index in [-0.39, 0.29) is 17.2 Å². The highest BCUT2D eigenvalue weighted by Crippen LogP contribution is 2.37. The molecule has 170 valence electrons. The molecule has 1 aromatic heterocycles. The second-order valence-corrected chi connectivity index (χ2v) is 9.26. The van der Waals surface area contributed by atoms with E-state index in [0.717, 1.165) is 50.1 Å². The Morgan fingerprint density at radius 1 is 0.969 bits per heavy atom. The number of likely N-dealkylation sites (tertiary alicyclic amines) is 2. The number of carbonyl (C=O) groups is 2. The monoisotopic (exact) mass is 435 g/mol. The van der Waals surface area contributed by atoms with E-state index < -0.39 is 0 Å². The van der Waals surface area contributed by atoms with Gasteiger partial charge in [0.25, 0.3) is 5.91 Å². The Bertz CT molecular complexity index is 917. The van der Waals surface area contributed by atoms with Gasteiger partial charge >= 0.3 is 0 Å². The summed E-state index contributed by atoms with van der Waals surface area (Å²) in [5, 5.41) is 0. The molecule has 1 aromatic carbocycles. The first-order chi connectivity index (χ1) is 15.5. The van der Waals surface area contributed by atoms with Crippen molar-refractivity contribution in [1.82, 2.24) is 14.8 Å². The van der Waals surface area contributed by atoms with Gasteiger partial charge in [0.1, 0.15) is 5.75 Å². The lowest BCUT2D eigenvalue weighted by Crippen LogP contribution is -2.48. The Morgan fingerprint density at radius 2 is 1.69 bits per heavy atom. The molecule has 32 heavy (non-hydrogen) atoms. The van der Waals surface area contributed by atoms with E-state index in [2.05, 4.69) is 4.98 Å². The SMILES string of the molecule is Cc1cncc(C(=O)N2CCC(COc3ccccc3)(CC(=O)N3CCCCC3)CC2)c1. The van der Waals surface area contributed by atoms with E-state index in [4.69, 9.17) is 4.74 Å². The van der Waals surface area contributed by atoms with Crippen LogP contribution in [0.4, 0.5) is 0 Å². The minimum absolute atomic E-state index is 0.0149. The molecule has 0 N–H and O–H groups in total. The molecule has 6 nitrogen and oxygen atoms in total. The summed E-state index contributed by atoms with van der Waals surface area (Å²) in [4.78, 5) is 34.2. The van der Waals surface area contributed by atoms with Gasteiger partial charge in [0.05, 0.1) is 12.2 Å². The molecule has 2 saturated heterocycles. The lowest BCUT2D eigenvalue weighted by molar-refractivity contribution is -0.136. The maximum atomic E-state index is 13.1. The van der Waals surface area contributed by atoms with E-state index in [0.29, 0.717) is 31.7 Å². The number of amides is 2. The van der Waals surface area contributed by atoms with Crippen molar-refractivity contribution in [2.45, 2.75) is 45.4 Å². The number of benzene rings is 1. The standard InChI is InChI=1S/C26H33N3O3/c1-21-16-22(19-27-18-21)25(31)29-14-10-26(11-15-29,20-32-23-8-4-2-5-9-23)17-24(30)28-12-6-3-7-13-28/h2,4-5,8-9,16,18-19H,3,6-7,10-15,17,20H2,1H3. The zero-order valence-electron chi connectivity index (χ0n) is 19.0. The fraction of sp³-hybridized carbons (Fsp3) is 0.500. The van der Waals surface area contributed by atoms with Gasteiger partial charge in [-0.2, -0.15) is 0 Å². The second-order valence-electron chi connectivity index (χ2n) is 9.26. The zero-order valence-corrected chi connectivity index (χ0v) is 19.0. The van der Waals surface area contributed by atoms with Crippen molar-refractivity contribution in [2.24, 2.45) is 5.41 Å². The first-order valence-electron chi connectivity index (χ1n) is 11.7. The number of rotatable bonds is 6. The molecule has 0 saturated carbocycles. The molecular weight excluding hydrogens is 402 g/mol. The van der Waals surface area contributed by atoms with E-state index in [1.165, 1.54) is 6.42 Å². The van der Waals surface area contributed by atoms with Gasteiger partial charge in [0.2, 0.25) is 5.91 Å². The van der Waals surface area contributed by atoms with Gasteiger partial charge < -0.3 is 14.5 Å². The molecule has 0 radical (unpaired) electrons. The van der Waals surface area contributed by atoms with Gasteiger partial charge in [0.15, 0.2) is 0 Å². The van der Waals surface area contributed by atoms with Crippen LogP contribution in [0.1, 0.15) is 54.4 Å². The summed E-state index contributed by atoms with van der Waals surface area (Å²) in [7, 11) is 0. The van der Waals surface area contributed by atoms with Crippen LogP contribution < -0.4 is 4.74 Å². The van der Waals surface area contributed by atoms with Crippen molar-refractivity contribution < 1.29 is 14.3 Å². The van der Waals surface area contributed by atoms with Crippen molar-refractivity contribution in [3.05, 3.63) is 59.9 Å². The summed E-state index contributed by atoms with van der Waals surface area (Å²) < 4.78 is 6.15. The largest absolute Gasteiger partial charge is 0.493 e. The van der Waals surface area contributed by atoms with Gasteiger partial charge in [-0.3, -0.25) is 14.6 Å². The highest BCUT2D eigenvalue weighted by molar-refractivity contribution is 5.94. The normalized spacial score (nSPS) is 18.3. The number of para-hydroxylation sites is 1. The van der Waals surface area contributed by atoms with Crippen molar-refractivity contribution in [1.29, 1.82) is 0 Å².